The summed E-state index contributed by atoms with van der Waals surface area (Å²) in [6, 6.07) is 11.5. The van der Waals surface area contributed by atoms with Gasteiger partial charge in [-0.05, 0) is 49.5 Å². The van der Waals surface area contributed by atoms with E-state index in [1.165, 1.54) is 23.1 Å². The van der Waals surface area contributed by atoms with Crippen molar-refractivity contribution in [1.82, 2.24) is 14.7 Å². The van der Waals surface area contributed by atoms with Crippen molar-refractivity contribution in [1.29, 1.82) is 0 Å². The zero-order valence-electron chi connectivity index (χ0n) is 19.2. The van der Waals surface area contributed by atoms with Crippen LogP contribution >= 0.6 is 23.2 Å². The van der Waals surface area contributed by atoms with Crippen LogP contribution in [0.3, 0.4) is 0 Å². The van der Waals surface area contributed by atoms with Gasteiger partial charge in [-0.15, -0.1) is 0 Å². The van der Waals surface area contributed by atoms with Crippen molar-refractivity contribution in [2.45, 2.75) is 30.5 Å². The summed E-state index contributed by atoms with van der Waals surface area (Å²) in [5, 5.41) is 16.6. The van der Waals surface area contributed by atoms with Crippen molar-refractivity contribution >= 4 is 39.1 Å². The van der Waals surface area contributed by atoms with Gasteiger partial charge in [-0.3, -0.25) is 9.69 Å². The number of primary sulfonamides is 1. The molecule has 0 unspecified atom stereocenters. The average Bonchev–Trinajstić information content (AvgIpc) is 3.16. The van der Waals surface area contributed by atoms with Crippen LogP contribution in [-0.2, 0) is 16.6 Å². The molecule has 1 heterocycles. The number of aliphatic hydroxyl groups excluding tert-OH is 1. The second-order valence-corrected chi connectivity index (χ2v) is 10.9. The third-order valence-corrected chi connectivity index (χ3v) is 7.69. The van der Waals surface area contributed by atoms with E-state index in [4.69, 9.17) is 28.3 Å². The predicted molar refractivity (Wildman–Crippen MR) is 134 cm³/mol. The van der Waals surface area contributed by atoms with Crippen LogP contribution in [0, 0.1) is 0 Å². The first-order valence-electron chi connectivity index (χ1n) is 11.0. The average molecular weight is 529 g/mol. The van der Waals surface area contributed by atoms with Gasteiger partial charge in [0.05, 0.1) is 17.2 Å². The first kappa shape index (κ1) is 26.9. The quantitative estimate of drug-likeness (QED) is 0.516. The Morgan fingerprint density at radius 2 is 1.82 bits per heavy atom. The van der Waals surface area contributed by atoms with Gasteiger partial charge in [0.15, 0.2) is 0 Å². The number of amides is 1. The fourth-order valence-corrected chi connectivity index (χ4v) is 5.37. The number of hydrogen-bond acceptors (Lipinski definition) is 6. The van der Waals surface area contributed by atoms with Crippen molar-refractivity contribution in [3.8, 4) is 0 Å². The summed E-state index contributed by atoms with van der Waals surface area (Å²) >= 11 is 11.9. The number of carbonyl (C=O) groups is 1. The number of sulfonamides is 1. The van der Waals surface area contributed by atoms with E-state index >= 15 is 0 Å². The molecule has 11 heteroatoms. The molecule has 2 atom stereocenters. The van der Waals surface area contributed by atoms with Crippen LogP contribution in [0.1, 0.15) is 22.8 Å². The van der Waals surface area contributed by atoms with Crippen LogP contribution in [0.25, 0.3) is 0 Å². The Morgan fingerprint density at radius 3 is 2.44 bits per heavy atom. The van der Waals surface area contributed by atoms with Gasteiger partial charge in [0.2, 0.25) is 10.0 Å². The smallest absolute Gasteiger partial charge is 0.254 e. The standard InChI is InChI=1S/C23H30Cl2N4O4S/c1-3-28(11-10-27(2)13-16-4-7-18(24)8-5-16)20-14-29(15-21(20)30)23(31)17-6-9-19(25)22(12-17)34(26,32)33/h4-9,12,20-21,30H,3,10-11,13-15H2,1-2H3,(H2,26,32,33)/t20-,21-/m1/s1. The molecule has 34 heavy (non-hydrogen) atoms. The van der Waals surface area contributed by atoms with E-state index in [-0.39, 0.29) is 34.0 Å². The molecule has 0 saturated carbocycles. The third-order valence-electron chi connectivity index (χ3n) is 6.04. The van der Waals surface area contributed by atoms with Gasteiger partial charge in [-0.1, -0.05) is 42.3 Å². The molecular formula is C23H30Cl2N4O4S. The maximum Gasteiger partial charge on any atom is 0.254 e. The van der Waals surface area contributed by atoms with Crippen LogP contribution in [0.2, 0.25) is 10.0 Å². The second-order valence-electron chi connectivity index (χ2n) is 8.53. The number of likely N-dealkylation sites (N-methyl/N-ethyl adjacent to an activating group) is 2. The zero-order chi connectivity index (χ0) is 25.0. The van der Waals surface area contributed by atoms with Gasteiger partial charge >= 0.3 is 0 Å². The zero-order valence-corrected chi connectivity index (χ0v) is 21.5. The van der Waals surface area contributed by atoms with Crippen LogP contribution in [0.4, 0.5) is 0 Å². The summed E-state index contributed by atoms with van der Waals surface area (Å²) in [4.78, 5) is 18.6. The molecule has 1 fully saturated rings. The molecule has 186 valence electrons. The number of β-amino-alcohol motifs (C(OH)–C–C–N with tert-alkyl or cyclic N) is 1. The van der Waals surface area contributed by atoms with Crippen molar-refractivity contribution < 1.29 is 18.3 Å². The summed E-state index contributed by atoms with van der Waals surface area (Å²) in [6.07, 6.45) is -0.713. The minimum Gasteiger partial charge on any atom is -0.390 e. The lowest BCUT2D eigenvalue weighted by Gasteiger charge is -2.31. The molecule has 8 nitrogen and oxygen atoms in total. The Bertz CT molecular complexity index is 1110. The van der Waals surface area contributed by atoms with E-state index in [0.29, 0.717) is 11.6 Å². The first-order valence-corrected chi connectivity index (χ1v) is 13.3. The lowest BCUT2D eigenvalue weighted by Crippen LogP contribution is -2.46. The van der Waals surface area contributed by atoms with E-state index < -0.39 is 16.1 Å². The summed E-state index contributed by atoms with van der Waals surface area (Å²) in [5.41, 5.74) is 1.32. The normalized spacial score (nSPS) is 18.8. The molecule has 1 amide bonds. The highest BCUT2D eigenvalue weighted by molar-refractivity contribution is 7.89. The minimum absolute atomic E-state index is 0.0433. The Balaban J connectivity index is 1.62. The number of nitrogens with zero attached hydrogens (tertiary/aromatic N) is 3. The van der Waals surface area contributed by atoms with Crippen molar-refractivity contribution in [2.75, 3.05) is 39.8 Å². The van der Waals surface area contributed by atoms with Crippen LogP contribution in [0.5, 0.6) is 0 Å². The van der Waals surface area contributed by atoms with Crippen molar-refractivity contribution in [3.05, 3.63) is 63.6 Å². The molecule has 1 aliphatic heterocycles. The number of benzene rings is 2. The maximum absolute atomic E-state index is 13.0. The molecular weight excluding hydrogens is 499 g/mol. The van der Waals surface area contributed by atoms with Crippen LogP contribution in [0.15, 0.2) is 47.4 Å². The maximum atomic E-state index is 13.0. The molecule has 2 aromatic rings. The molecule has 0 radical (unpaired) electrons. The van der Waals surface area contributed by atoms with E-state index in [0.717, 1.165) is 31.7 Å². The van der Waals surface area contributed by atoms with Crippen molar-refractivity contribution in [2.24, 2.45) is 5.14 Å². The van der Waals surface area contributed by atoms with Gasteiger partial charge in [0.1, 0.15) is 4.90 Å². The highest BCUT2D eigenvalue weighted by atomic mass is 35.5. The number of carbonyl (C=O) groups excluding carboxylic acids is 1. The molecule has 0 spiro atoms. The molecule has 2 aromatic carbocycles. The summed E-state index contributed by atoms with van der Waals surface area (Å²) in [5.74, 6) is -0.376. The molecule has 0 aromatic heterocycles. The van der Waals surface area contributed by atoms with Gasteiger partial charge in [-0.25, -0.2) is 13.6 Å². The van der Waals surface area contributed by atoms with Crippen LogP contribution in [-0.4, -0.2) is 86.0 Å². The van der Waals surface area contributed by atoms with E-state index in [1.807, 2.05) is 38.2 Å². The number of halogens is 2. The molecule has 0 bridgehead atoms. The Kier molecular flexibility index (Phi) is 8.97. The van der Waals surface area contributed by atoms with Gasteiger partial charge < -0.3 is 14.9 Å². The highest BCUT2D eigenvalue weighted by Gasteiger charge is 2.37. The monoisotopic (exact) mass is 528 g/mol. The topological polar surface area (TPSA) is 107 Å². The minimum atomic E-state index is -4.06. The molecule has 1 aliphatic rings. The largest absolute Gasteiger partial charge is 0.390 e. The van der Waals surface area contributed by atoms with Gasteiger partial charge in [-0.2, -0.15) is 0 Å². The predicted octanol–water partition coefficient (Wildman–Crippen LogP) is 2.28. The van der Waals surface area contributed by atoms with Gasteiger partial charge in [0, 0.05) is 43.3 Å². The number of rotatable bonds is 9. The first-order chi connectivity index (χ1) is 16.0. The fraction of sp³-hybridized carbons (Fsp3) is 0.435. The van der Waals surface area contributed by atoms with Crippen LogP contribution < -0.4 is 5.14 Å². The summed E-state index contributed by atoms with van der Waals surface area (Å²) < 4.78 is 23.5. The Morgan fingerprint density at radius 1 is 1.15 bits per heavy atom. The molecule has 3 rings (SSSR count). The van der Waals surface area contributed by atoms with E-state index in [9.17, 15) is 18.3 Å². The lowest BCUT2D eigenvalue weighted by molar-refractivity contribution is 0.0756. The number of likely N-dealkylation sites (tertiary alicyclic amines) is 1. The summed E-state index contributed by atoms with van der Waals surface area (Å²) in [7, 11) is -2.03. The number of aliphatic hydroxyl groups is 1. The lowest BCUT2D eigenvalue weighted by atomic mass is 10.1. The molecule has 0 aliphatic carbocycles. The van der Waals surface area contributed by atoms with E-state index in [2.05, 4.69) is 9.80 Å². The summed E-state index contributed by atoms with van der Waals surface area (Å²) in [6.45, 7) is 5.51. The third kappa shape index (κ3) is 6.69. The van der Waals surface area contributed by atoms with E-state index in [1.54, 1.807) is 0 Å². The SMILES string of the molecule is CCN(CCN(C)Cc1ccc(Cl)cc1)[C@@H]1CN(C(=O)c2ccc(Cl)c(S(N)(=O)=O)c2)C[C@H]1O. The second kappa shape index (κ2) is 11.3. The molecule has 1 saturated heterocycles. The number of nitrogens with two attached hydrogens (primary N) is 1. The number of hydrogen-bond donors (Lipinski definition) is 2. The van der Waals surface area contributed by atoms with Gasteiger partial charge in [0.25, 0.3) is 5.91 Å². The Hall–Kier alpha value is -1.72. The fourth-order valence-electron chi connectivity index (χ4n) is 4.17. The highest BCUT2D eigenvalue weighted by Crippen LogP contribution is 2.24. The molecule has 3 N–H and O–H groups in total. The Labute approximate surface area is 210 Å². The van der Waals surface area contributed by atoms with Crippen molar-refractivity contribution in [3.63, 3.8) is 0 Å².